The highest BCUT2D eigenvalue weighted by molar-refractivity contribution is 5.96. The van der Waals surface area contributed by atoms with Crippen molar-refractivity contribution < 1.29 is 9.53 Å². The molecule has 0 unspecified atom stereocenters. The highest BCUT2D eigenvalue weighted by Gasteiger charge is 2.33. The molecule has 3 aromatic heterocycles. The maximum Gasteiger partial charge on any atom is 0.260 e. The van der Waals surface area contributed by atoms with Crippen LogP contribution in [-0.4, -0.2) is 37.2 Å². The number of carbonyl (C=O) groups is 1. The highest BCUT2D eigenvalue weighted by Crippen LogP contribution is 2.32. The van der Waals surface area contributed by atoms with Gasteiger partial charge in [-0.05, 0) is 42.8 Å². The minimum Gasteiger partial charge on any atom is -0.480 e. The van der Waals surface area contributed by atoms with Crippen molar-refractivity contribution in [3.63, 3.8) is 0 Å². The van der Waals surface area contributed by atoms with Crippen LogP contribution >= 0.6 is 0 Å². The van der Waals surface area contributed by atoms with Crippen LogP contribution in [0.15, 0.2) is 67.1 Å². The summed E-state index contributed by atoms with van der Waals surface area (Å²) in [6.45, 7) is 3.00. The van der Waals surface area contributed by atoms with Gasteiger partial charge in [-0.3, -0.25) is 4.79 Å². The molecule has 1 aliphatic heterocycles. The molecule has 0 saturated carbocycles. The van der Waals surface area contributed by atoms with Crippen LogP contribution in [0.2, 0.25) is 0 Å². The fraction of sp³-hybridized carbons (Fsp3) is 0.174. The summed E-state index contributed by atoms with van der Waals surface area (Å²) in [5.41, 5.74) is 4.57. The van der Waals surface area contributed by atoms with E-state index < -0.39 is 0 Å². The number of methoxy groups -OCH3 is 1. The third-order valence-corrected chi connectivity index (χ3v) is 5.40. The molecule has 4 heterocycles. The average Bonchev–Trinajstić information content (AvgIpc) is 3.49. The topological polar surface area (TPSA) is 65.2 Å². The van der Waals surface area contributed by atoms with E-state index in [9.17, 15) is 4.79 Å². The lowest BCUT2D eigenvalue weighted by Gasteiger charge is -2.18. The molecule has 7 heteroatoms. The maximum absolute atomic E-state index is 13.2. The monoisotopic (exact) mass is 399 g/mol. The molecule has 0 saturated heterocycles. The Morgan fingerprint density at radius 2 is 1.83 bits per heavy atom. The fourth-order valence-electron chi connectivity index (χ4n) is 3.94. The number of rotatable bonds is 4. The smallest absolute Gasteiger partial charge is 0.260 e. The van der Waals surface area contributed by atoms with E-state index >= 15 is 0 Å². The maximum atomic E-state index is 13.2. The molecule has 0 bridgehead atoms. The van der Waals surface area contributed by atoms with Crippen LogP contribution < -0.4 is 4.74 Å². The fourth-order valence-corrected chi connectivity index (χ4v) is 3.94. The lowest BCUT2D eigenvalue weighted by Crippen LogP contribution is -2.27. The number of amides is 1. The number of hydrogen-bond acceptors (Lipinski definition) is 4. The summed E-state index contributed by atoms with van der Waals surface area (Å²) in [4.78, 5) is 19.1. The van der Waals surface area contributed by atoms with Crippen LogP contribution in [0.1, 0.15) is 27.2 Å². The molecule has 1 aliphatic rings. The Balaban J connectivity index is 1.56. The molecule has 7 nitrogen and oxygen atoms in total. The third-order valence-electron chi connectivity index (χ3n) is 5.40. The van der Waals surface area contributed by atoms with E-state index in [1.54, 1.807) is 23.2 Å². The van der Waals surface area contributed by atoms with Crippen molar-refractivity contribution in [2.45, 2.75) is 20.0 Å². The summed E-state index contributed by atoms with van der Waals surface area (Å²) in [6, 6.07) is 15.6. The van der Waals surface area contributed by atoms with Gasteiger partial charge < -0.3 is 14.2 Å². The number of nitrogens with zero attached hydrogens (tertiary/aromatic N) is 5. The van der Waals surface area contributed by atoms with Crippen molar-refractivity contribution in [1.82, 2.24) is 24.2 Å². The van der Waals surface area contributed by atoms with Crippen LogP contribution in [0.25, 0.3) is 11.5 Å². The Labute approximate surface area is 174 Å². The summed E-state index contributed by atoms with van der Waals surface area (Å²) >= 11 is 0. The zero-order valence-corrected chi connectivity index (χ0v) is 16.8. The first-order chi connectivity index (χ1) is 14.7. The molecule has 30 heavy (non-hydrogen) atoms. The van der Waals surface area contributed by atoms with Gasteiger partial charge in [0.2, 0.25) is 5.88 Å². The van der Waals surface area contributed by atoms with Gasteiger partial charge in [0, 0.05) is 24.2 Å². The Hall–Kier alpha value is -3.87. The molecule has 0 N–H and O–H groups in total. The van der Waals surface area contributed by atoms with E-state index in [-0.39, 0.29) is 5.91 Å². The molecule has 0 atom stereocenters. The largest absolute Gasteiger partial charge is 0.480 e. The van der Waals surface area contributed by atoms with E-state index in [4.69, 9.17) is 9.84 Å². The first-order valence-corrected chi connectivity index (χ1v) is 9.75. The molecule has 0 radical (unpaired) electrons. The van der Waals surface area contributed by atoms with Gasteiger partial charge in [-0.25, -0.2) is 9.67 Å². The summed E-state index contributed by atoms with van der Waals surface area (Å²) in [5.74, 6) is 1.18. The molecule has 4 aromatic rings. The minimum atomic E-state index is -0.112. The normalized spacial score (nSPS) is 12.8. The Kier molecular flexibility index (Phi) is 4.35. The van der Waals surface area contributed by atoms with Gasteiger partial charge in [-0.1, -0.05) is 18.2 Å². The number of fused-ring (bicyclic) bond motifs is 1. The molecule has 1 aromatic carbocycles. The predicted molar refractivity (Wildman–Crippen MR) is 112 cm³/mol. The minimum absolute atomic E-state index is 0.112. The Bertz CT molecular complexity index is 1230. The Morgan fingerprint density at radius 3 is 2.60 bits per heavy atom. The number of aryl methyl sites for hydroxylation is 1. The lowest BCUT2D eigenvalue weighted by molar-refractivity contribution is 0.0745. The molecule has 1 amide bonds. The van der Waals surface area contributed by atoms with Gasteiger partial charge >= 0.3 is 0 Å². The van der Waals surface area contributed by atoms with Gasteiger partial charge in [0.05, 0.1) is 31.6 Å². The van der Waals surface area contributed by atoms with Crippen molar-refractivity contribution in [2.75, 3.05) is 7.11 Å². The van der Waals surface area contributed by atoms with E-state index in [0.29, 0.717) is 24.5 Å². The molecule has 0 aliphatic carbocycles. The first-order valence-electron chi connectivity index (χ1n) is 9.75. The standard InChI is InChI=1S/C23H21N5O2/c1-16-8-3-4-10-20(16)28-22(26-12-5-6-13-26)18-14-27(15-19(18)25-28)23(29)17-9-7-11-24-21(17)30-2/h3-13H,14-15H2,1-2H3. The van der Waals surface area contributed by atoms with E-state index in [1.165, 1.54) is 7.11 Å². The number of ether oxygens (including phenoxy) is 1. The number of pyridine rings is 1. The van der Waals surface area contributed by atoms with Gasteiger partial charge in [0.15, 0.2) is 0 Å². The number of para-hydroxylation sites is 1. The number of aromatic nitrogens is 4. The van der Waals surface area contributed by atoms with Crippen LogP contribution in [0, 0.1) is 6.92 Å². The first kappa shape index (κ1) is 18.2. The quantitative estimate of drug-likeness (QED) is 0.527. The van der Waals surface area contributed by atoms with Gasteiger partial charge in [-0.15, -0.1) is 0 Å². The molecule has 150 valence electrons. The van der Waals surface area contributed by atoms with Gasteiger partial charge in [0.25, 0.3) is 5.91 Å². The Morgan fingerprint density at radius 1 is 1.03 bits per heavy atom. The second-order valence-corrected chi connectivity index (χ2v) is 7.26. The van der Waals surface area contributed by atoms with Crippen LogP contribution in [-0.2, 0) is 13.1 Å². The molecule has 0 spiro atoms. The summed E-state index contributed by atoms with van der Waals surface area (Å²) in [6.07, 6.45) is 5.62. The predicted octanol–water partition coefficient (Wildman–Crippen LogP) is 3.53. The van der Waals surface area contributed by atoms with E-state index in [0.717, 1.165) is 28.3 Å². The second-order valence-electron chi connectivity index (χ2n) is 7.26. The highest BCUT2D eigenvalue weighted by atomic mass is 16.5. The third kappa shape index (κ3) is 2.86. The number of carbonyl (C=O) groups excluding carboxylic acids is 1. The SMILES string of the molecule is COc1ncccc1C(=O)N1Cc2nn(-c3ccccc3C)c(-n3cccc3)c2C1. The van der Waals surface area contributed by atoms with Crippen LogP contribution in [0.3, 0.4) is 0 Å². The number of benzene rings is 1. The second kappa shape index (κ2) is 7.18. The van der Waals surface area contributed by atoms with Crippen LogP contribution in [0.5, 0.6) is 5.88 Å². The van der Waals surface area contributed by atoms with Crippen molar-refractivity contribution in [3.8, 4) is 17.4 Å². The molecule has 5 rings (SSSR count). The summed E-state index contributed by atoms with van der Waals surface area (Å²) in [7, 11) is 1.52. The van der Waals surface area contributed by atoms with E-state index in [2.05, 4.69) is 28.6 Å². The lowest BCUT2D eigenvalue weighted by atomic mass is 10.2. The summed E-state index contributed by atoms with van der Waals surface area (Å²) < 4.78 is 9.31. The molecular weight excluding hydrogens is 378 g/mol. The van der Waals surface area contributed by atoms with Crippen molar-refractivity contribution >= 4 is 5.91 Å². The average molecular weight is 399 g/mol. The van der Waals surface area contributed by atoms with Crippen LogP contribution in [0.4, 0.5) is 0 Å². The van der Waals surface area contributed by atoms with Gasteiger partial charge in [0.1, 0.15) is 11.4 Å². The number of hydrogen-bond donors (Lipinski definition) is 0. The van der Waals surface area contributed by atoms with Crippen molar-refractivity contribution in [3.05, 3.63) is 89.5 Å². The van der Waals surface area contributed by atoms with Crippen molar-refractivity contribution in [1.29, 1.82) is 0 Å². The summed E-state index contributed by atoms with van der Waals surface area (Å²) in [5, 5.41) is 4.90. The van der Waals surface area contributed by atoms with Crippen molar-refractivity contribution in [2.24, 2.45) is 0 Å². The van der Waals surface area contributed by atoms with Gasteiger partial charge in [-0.2, -0.15) is 5.10 Å². The molecular formula is C23H21N5O2. The zero-order chi connectivity index (χ0) is 20.7. The molecule has 0 fully saturated rings. The van der Waals surface area contributed by atoms with E-state index in [1.807, 2.05) is 41.3 Å². The zero-order valence-electron chi connectivity index (χ0n) is 16.8.